The van der Waals surface area contributed by atoms with Crippen LogP contribution < -0.4 is 4.74 Å². The zero-order chi connectivity index (χ0) is 16.9. The zero-order valence-electron chi connectivity index (χ0n) is 13.7. The Bertz CT molecular complexity index is 601. The van der Waals surface area contributed by atoms with Crippen LogP contribution in [0.4, 0.5) is 4.39 Å². The maximum Gasteiger partial charge on any atom is 0.214 e. The molecule has 0 unspecified atom stereocenters. The van der Waals surface area contributed by atoms with E-state index in [2.05, 4.69) is 17.9 Å². The van der Waals surface area contributed by atoms with Crippen molar-refractivity contribution >= 4 is 10.0 Å². The van der Waals surface area contributed by atoms with Crippen molar-refractivity contribution in [2.45, 2.75) is 19.4 Å². The molecular weight excluding hydrogens is 319 g/mol. The van der Waals surface area contributed by atoms with Crippen LogP contribution in [0.1, 0.15) is 24.9 Å². The van der Waals surface area contributed by atoms with Crippen LogP contribution in [0.2, 0.25) is 0 Å². The number of nitrogens with zero attached hydrogens (tertiary/aromatic N) is 2. The molecule has 1 heterocycles. The van der Waals surface area contributed by atoms with E-state index >= 15 is 0 Å². The van der Waals surface area contributed by atoms with E-state index in [4.69, 9.17) is 4.74 Å². The average molecular weight is 344 g/mol. The fourth-order valence-electron chi connectivity index (χ4n) is 2.85. The third-order valence-corrected chi connectivity index (χ3v) is 6.28. The van der Waals surface area contributed by atoms with Crippen molar-refractivity contribution in [1.82, 2.24) is 9.21 Å². The van der Waals surface area contributed by atoms with Crippen molar-refractivity contribution in [2.24, 2.45) is 0 Å². The van der Waals surface area contributed by atoms with Gasteiger partial charge in [0.2, 0.25) is 10.0 Å². The SMILES string of the molecule is COc1cccc([C@H](C)N2CCN(S(=O)(=O)CCCF)CC2)c1. The second-order valence-corrected chi connectivity index (χ2v) is 7.83. The van der Waals surface area contributed by atoms with E-state index in [-0.39, 0.29) is 18.2 Å². The maximum absolute atomic E-state index is 12.2. The Morgan fingerprint density at radius 1 is 1.26 bits per heavy atom. The van der Waals surface area contributed by atoms with Gasteiger partial charge in [-0.1, -0.05) is 12.1 Å². The summed E-state index contributed by atoms with van der Waals surface area (Å²) in [6, 6.07) is 8.13. The summed E-state index contributed by atoms with van der Waals surface area (Å²) in [5.41, 5.74) is 1.15. The maximum atomic E-state index is 12.2. The first-order chi connectivity index (χ1) is 11.0. The van der Waals surface area contributed by atoms with Crippen molar-refractivity contribution in [2.75, 3.05) is 45.7 Å². The molecule has 130 valence electrons. The number of hydrogen-bond donors (Lipinski definition) is 0. The first kappa shape index (κ1) is 18.2. The number of methoxy groups -OCH3 is 1. The topological polar surface area (TPSA) is 49.9 Å². The highest BCUT2D eigenvalue weighted by molar-refractivity contribution is 7.89. The van der Waals surface area contributed by atoms with Crippen LogP contribution in [0.15, 0.2) is 24.3 Å². The largest absolute Gasteiger partial charge is 0.497 e. The molecule has 0 aliphatic carbocycles. The minimum absolute atomic E-state index is 0.0722. The summed E-state index contributed by atoms with van der Waals surface area (Å²) in [6.07, 6.45) is 0.0722. The highest BCUT2D eigenvalue weighted by atomic mass is 32.2. The summed E-state index contributed by atoms with van der Waals surface area (Å²) in [7, 11) is -1.68. The van der Waals surface area contributed by atoms with E-state index in [0.717, 1.165) is 11.3 Å². The molecular formula is C16H25FN2O3S. The van der Waals surface area contributed by atoms with Crippen LogP contribution in [-0.4, -0.2) is 63.3 Å². The second kappa shape index (κ2) is 8.08. The van der Waals surface area contributed by atoms with Crippen molar-refractivity contribution in [3.05, 3.63) is 29.8 Å². The Balaban J connectivity index is 1.95. The molecule has 0 radical (unpaired) electrons. The Labute approximate surface area is 138 Å². The third kappa shape index (κ3) is 4.65. The van der Waals surface area contributed by atoms with E-state index in [0.29, 0.717) is 26.2 Å². The van der Waals surface area contributed by atoms with Gasteiger partial charge in [0.1, 0.15) is 5.75 Å². The van der Waals surface area contributed by atoms with E-state index in [9.17, 15) is 12.8 Å². The Hall–Kier alpha value is -1.18. The Morgan fingerprint density at radius 3 is 2.57 bits per heavy atom. The number of alkyl halides is 1. The monoisotopic (exact) mass is 344 g/mol. The fourth-order valence-corrected chi connectivity index (χ4v) is 4.30. The van der Waals surface area contributed by atoms with Crippen molar-refractivity contribution in [1.29, 1.82) is 0 Å². The molecule has 1 aromatic rings. The van der Waals surface area contributed by atoms with Gasteiger partial charge in [0.25, 0.3) is 0 Å². The van der Waals surface area contributed by atoms with Gasteiger partial charge in [-0.25, -0.2) is 8.42 Å². The quantitative estimate of drug-likeness (QED) is 0.760. The number of benzene rings is 1. The number of sulfonamides is 1. The lowest BCUT2D eigenvalue weighted by Gasteiger charge is -2.37. The van der Waals surface area contributed by atoms with Crippen molar-refractivity contribution in [3.63, 3.8) is 0 Å². The second-order valence-electron chi connectivity index (χ2n) is 5.75. The molecule has 0 bridgehead atoms. The zero-order valence-corrected chi connectivity index (χ0v) is 14.6. The molecule has 0 spiro atoms. The molecule has 1 saturated heterocycles. The molecule has 2 rings (SSSR count). The lowest BCUT2D eigenvalue weighted by molar-refractivity contribution is 0.145. The normalized spacial score (nSPS) is 18.7. The number of piperazine rings is 1. The summed E-state index contributed by atoms with van der Waals surface area (Å²) < 4.78 is 43.1. The number of rotatable bonds is 7. The summed E-state index contributed by atoms with van der Waals surface area (Å²) in [5.74, 6) is 0.719. The summed E-state index contributed by atoms with van der Waals surface area (Å²) >= 11 is 0. The van der Waals surface area contributed by atoms with E-state index in [1.54, 1.807) is 7.11 Å². The molecule has 0 N–H and O–H groups in total. The molecule has 7 heteroatoms. The number of ether oxygens (including phenoxy) is 1. The van der Waals surface area contributed by atoms with Gasteiger partial charge >= 0.3 is 0 Å². The van der Waals surface area contributed by atoms with E-state index in [1.165, 1.54) is 4.31 Å². The molecule has 1 atom stereocenters. The summed E-state index contributed by atoms with van der Waals surface area (Å²) in [6.45, 7) is 3.79. The van der Waals surface area contributed by atoms with Gasteiger partial charge < -0.3 is 4.74 Å². The molecule has 0 amide bonds. The van der Waals surface area contributed by atoms with Gasteiger partial charge in [-0.15, -0.1) is 0 Å². The van der Waals surface area contributed by atoms with Gasteiger partial charge in [0.15, 0.2) is 0 Å². The smallest absolute Gasteiger partial charge is 0.214 e. The number of halogens is 1. The van der Waals surface area contributed by atoms with Gasteiger partial charge in [0.05, 0.1) is 19.5 Å². The van der Waals surface area contributed by atoms with Crippen LogP contribution in [0.5, 0.6) is 5.75 Å². The van der Waals surface area contributed by atoms with Crippen LogP contribution in [0.25, 0.3) is 0 Å². The first-order valence-electron chi connectivity index (χ1n) is 7.89. The van der Waals surface area contributed by atoms with Gasteiger partial charge in [-0.05, 0) is 31.0 Å². The van der Waals surface area contributed by atoms with Gasteiger partial charge in [0, 0.05) is 32.2 Å². The van der Waals surface area contributed by atoms with Crippen LogP contribution in [0, 0.1) is 0 Å². The standard InChI is InChI=1S/C16H25FN2O3S/c1-14(15-5-3-6-16(13-15)22-2)18-8-10-19(11-9-18)23(20,21)12-4-7-17/h3,5-6,13-14H,4,7-12H2,1-2H3/t14-/m0/s1. The predicted octanol–water partition coefficient (Wildman–Crippen LogP) is 2.06. The minimum atomic E-state index is -3.32. The lowest BCUT2D eigenvalue weighted by atomic mass is 10.1. The van der Waals surface area contributed by atoms with Crippen molar-refractivity contribution in [3.8, 4) is 5.75 Å². The van der Waals surface area contributed by atoms with E-state index in [1.807, 2.05) is 18.2 Å². The van der Waals surface area contributed by atoms with Gasteiger partial charge in [-0.2, -0.15) is 4.31 Å². The minimum Gasteiger partial charge on any atom is -0.497 e. The summed E-state index contributed by atoms with van der Waals surface area (Å²) in [5, 5.41) is 0. The summed E-state index contributed by atoms with van der Waals surface area (Å²) in [4.78, 5) is 2.26. The van der Waals surface area contributed by atoms with Crippen molar-refractivity contribution < 1.29 is 17.5 Å². The molecule has 1 aliphatic heterocycles. The average Bonchev–Trinajstić information content (AvgIpc) is 2.59. The van der Waals surface area contributed by atoms with E-state index < -0.39 is 16.7 Å². The highest BCUT2D eigenvalue weighted by Crippen LogP contribution is 2.25. The molecule has 0 saturated carbocycles. The number of hydrogen-bond acceptors (Lipinski definition) is 4. The highest BCUT2D eigenvalue weighted by Gasteiger charge is 2.28. The molecule has 1 fully saturated rings. The molecule has 1 aliphatic rings. The molecule has 5 nitrogen and oxygen atoms in total. The molecule has 1 aromatic carbocycles. The molecule has 23 heavy (non-hydrogen) atoms. The first-order valence-corrected chi connectivity index (χ1v) is 9.50. The van der Waals surface area contributed by atoms with Crippen LogP contribution in [-0.2, 0) is 10.0 Å². The Morgan fingerprint density at radius 2 is 1.96 bits per heavy atom. The molecule has 0 aromatic heterocycles. The van der Waals surface area contributed by atoms with Crippen LogP contribution in [0.3, 0.4) is 0 Å². The predicted molar refractivity (Wildman–Crippen MR) is 88.9 cm³/mol. The lowest BCUT2D eigenvalue weighted by Crippen LogP contribution is -2.49. The van der Waals surface area contributed by atoms with Gasteiger partial charge in [-0.3, -0.25) is 9.29 Å². The third-order valence-electron chi connectivity index (χ3n) is 4.33. The fraction of sp³-hybridized carbons (Fsp3) is 0.625. The van der Waals surface area contributed by atoms with Crippen LogP contribution >= 0.6 is 0 Å². The Kier molecular flexibility index (Phi) is 6.38.